The Morgan fingerprint density at radius 2 is 0.564 bits per heavy atom. The van der Waals surface area contributed by atoms with Gasteiger partial charge >= 0.3 is 36.6 Å². The molecule has 0 heterocycles. The molecule has 0 amide bonds. The van der Waals surface area contributed by atoms with E-state index in [0.29, 0.717) is 51.4 Å². The molecule has 0 saturated heterocycles. The van der Waals surface area contributed by atoms with Crippen LogP contribution in [0.3, 0.4) is 0 Å². The molecule has 78 heavy (non-hydrogen) atoms. The van der Waals surface area contributed by atoms with E-state index in [0.717, 1.165) is 63.5 Å². The van der Waals surface area contributed by atoms with Crippen LogP contribution in [0, 0.1) is 0 Å². The molecule has 0 saturated carbocycles. The van der Waals surface area contributed by atoms with Gasteiger partial charge in [-0.15, -0.1) is 0 Å². The normalized spacial score (nSPS) is 12.4. The Labute approximate surface area is 458 Å². The molecule has 0 spiro atoms. The number of carbonyl (C=O) groups is 10. The zero-order valence-corrected chi connectivity index (χ0v) is 46.9. The van der Waals surface area contributed by atoms with Crippen molar-refractivity contribution >= 4 is 59.7 Å². The number of carbonyl (C=O) groups excluding carboxylic acids is 10. The SMILES string of the molecule is CCCCCCC(OC(=O)OCC)C(=O)c1cccc(C(=O)OOC(=O)c2cccc(C(=O)C(CCCCCC)OC(=O)OCC)c2C(=O)C(CCCCCC)OC(=O)OCC)c1C(=O)C(CCCCCC)OC(=O)OCC. The first-order valence-corrected chi connectivity index (χ1v) is 27.8. The Morgan fingerprint density at radius 1 is 0.321 bits per heavy atom. The van der Waals surface area contributed by atoms with Gasteiger partial charge in [-0.3, -0.25) is 19.2 Å². The third-order valence-electron chi connectivity index (χ3n) is 12.2. The van der Waals surface area contributed by atoms with Crippen molar-refractivity contribution in [3.63, 3.8) is 0 Å². The number of hydrogen-bond donors (Lipinski definition) is 0. The minimum Gasteiger partial charge on any atom is -0.435 e. The minimum atomic E-state index is -1.62. The first-order chi connectivity index (χ1) is 37.6. The van der Waals surface area contributed by atoms with E-state index in [-0.39, 0.29) is 52.1 Å². The van der Waals surface area contributed by atoms with Crippen LogP contribution >= 0.6 is 0 Å². The Balaban J connectivity index is 2.93. The van der Waals surface area contributed by atoms with Crippen molar-refractivity contribution in [2.24, 2.45) is 0 Å². The number of unbranched alkanes of at least 4 members (excludes halogenated alkanes) is 12. The van der Waals surface area contributed by atoms with Crippen LogP contribution in [0.5, 0.6) is 0 Å². The van der Waals surface area contributed by atoms with Crippen LogP contribution in [0.25, 0.3) is 0 Å². The Bertz CT molecular complexity index is 2100. The van der Waals surface area contributed by atoms with Crippen LogP contribution in [0.15, 0.2) is 36.4 Å². The molecule has 0 N–H and O–H groups in total. The smallest absolute Gasteiger partial charge is 0.435 e. The monoisotopic (exact) mass is 1100 g/mol. The van der Waals surface area contributed by atoms with Crippen molar-refractivity contribution in [3.05, 3.63) is 69.8 Å². The highest BCUT2D eigenvalue weighted by molar-refractivity contribution is 6.18. The summed E-state index contributed by atoms with van der Waals surface area (Å²) < 4.78 is 42.0. The maximum Gasteiger partial charge on any atom is 0.508 e. The van der Waals surface area contributed by atoms with Crippen LogP contribution in [0.1, 0.15) is 246 Å². The molecule has 20 heteroatoms. The van der Waals surface area contributed by atoms with Crippen LogP contribution in [-0.2, 0) is 47.7 Å². The number of ketones is 4. The largest absolute Gasteiger partial charge is 0.508 e. The molecule has 4 atom stereocenters. The predicted molar refractivity (Wildman–Crippen MR) is 284 cm³/mol. The number of rotatable bonds is 38. The van der Waals surface area contributed by atoms with Crippen LogP contribution < -0.4 is 0 Å². The summed E-state index contributed by atoms with van der Waals surface area (Å²) in [6.07, 6.45) is -0.531. The molecule has 434 valence electrons. The lowest BCUT2D eigenvalue weighted by Gasteiger charge is -2.22. The molecule has 2 rings (SSSR count). The standard InChI is InChI=1S/C58H82O20/c1-9-17-21-25-35-43(73-55(65)69-13-5)49(59)39-31-29-33-41(47(39)51(61)45(37-27-23-19-11-3)75-57(67)71-15-7)53(63)77-78-54(64)42-34-30-32-40(50(60)44(36-26-22-18-10-2)74-56(66)70-14-6)48(42)52(62)46(38-28-24-20-12-4)76-58(68)72-16-8/h29-34,43-46H,9-28,35-38H2,1-8H3. The van der Waals surface area contributed by atoms with Gasteiger partial charge in [0.1, 0.15) is 0 Å². The Hall–Kier alpha value is -6.86. The highest BCUT2D eigenvalue weighted by Gasteiger charge is 2.38. The fraction of sp³-hybridized carbons (Fsp3) is 0.621. The first kappa shape index (κ1) is 67.3. The molecule has 2 aromatic rings. The van der Waals surface area contributed by atoms with E-state index in [4.69, 9.17) is 47.7 Å². The molecule has 20 nitrogen and oxygen atoms in total. The number of Topliss-reactive ketones (excluding diaryl/α,β-unsaturated/α-hetero) is 4. The Morgan fingerprint density at radius 3 is 0.808 bits per heavy atom. The fourth-order valence-corrected chi connectivity index (χ4v) is 8.29. The van der Waals surface area contributed by atoms with Crippen molar-refractivity contribution in [1.29, 1.82) is 0 Å². The van der Waals surface area contributed by atoms with Gasteiger partial charge in [0.25, 0.3) is 0 Å². The quantitative estimate of drug-likeness (QED) is 0.0151. The van der Waals surface area contributed by atoms with Gasteiger partial charge in [-0.1, -0.05) is 129 Å². The molecule has 0 bridgehead atoms. The van der Waals surface area contributed by atoms with Gasteiger partial charge in [-0.2, -0.15) is 0 Å². The summed E-state index contributed by atoms with van der Waals surface area (Å²) in [5.74, 6) is -6.95. The third kappa shape index (κ3) is 23.0. The van der Waals surface area contributed by atoms with Crippen LogP contribution in [0.4, 0.5) is 19.2 Å². The molecular formula is C58H82O20. The molecule has 0 radical (unpaired) electrons. The summed E-state index contributed by atoms with van der Waals surface area (Å²) in [6, 6.07) is 7.08. The summed E-state index contributed by atoms with van der Waals surface area (Å²) in [7, 11) is 0. The minimum absolute atomic E-state index is 0.00105. The van der Waals surface area contributed by atoms with E-state index < -0.39 is 117 Å². The molecular weight excluding hydrogens is 1020 g/mol. The maximum absolute atomic E-state index is 14.9. The second kappa shape index (κ2) is 38.7. The summed E-state index contributed by atoms with van der Waals surface area (Å²) >= 11 is 0. The third-order valence-corrected chi connectivity index (χ3v) is 12.2. The average Bonchev–Trinajstić information content (AvgIpc) is 3.44. The Kier molecular flexibility index (Phi) is 33.3. The fourth-order valence-electron chi connectivity index (χ4n) is 8.29. The van der Waals surface area contributed by atoms with Crippen LogP contribution in [0.2, 0.25) is 0 Å². The van der Waals surface area contributed by atoms with E-state index in [1.54, 1.807) is 13.8 Å². The molecule has 4 unspecified atom stereocenters. The van der Waals surface area contributed by atoms with Gasteiger partial charge in [-0.05, 0) is 91.2 Å². The van der Waals surface area contributed by atoms with Gasteiger partial charge in [0, 0.05) is 22.3 Å². The van der Waals surface area contributed by atoms with Gasteiger partial charge in [0.2, 0.25) is 23.1 Å². The van der Waals surface area contributed by atoms with Gasteiger partial charge in [-0.25, -0.2) is 38.5 Å². The summed E-state index contributed by atoms with van der Waals surface area (Å²) in [6.45, 7) is 13.7. The lowest BCUT2D eigenvalue weighted by atomic mass is 9.88. The average molecular weight is 1100 g/mol. The lowest BCUT2D eigenvalue weighted by Crippen LogP contribution is -2.34. The summed E-state index contributed by atoms with van der Waals surface area (Å²) in [5, 5.41) is 0. The van der Waals surface area contributed by atoms with E-state index in [2.05, 4.69) is 0 Å². The van der Waals surface area contributed by atoms with Crippen molar-refractivity contribution in [3.8, 4) is 0 Å². The second-order valence-electron chi connectivity index (χ2n) is 18.2. The summed E-state index contributed by atoms with van der Waals surface area (Å²) in [5.41, 5.74) is -3.42. The van der Waals surface area contributed by atoms with Crippen molar-refractivity contribution < 1.29 is 95.6 Å². The summed E-state index contributed by atoms with van der Waals surface area (Å²) in [4.78, 5) is 149. The molecule has 0 aliphatic rings. The van der Waals surface area contributed by atoms with Gasteiger partial charge in [0.15, 0.2) is 24.4 Å². The zero-order chi connectivity index (χ0) is 57.8. The van der Waals surface area contributed by atoms with Crippen molar-refractivity contribution in [2.45, 2.75) is 208 Å². The van der Waals surface area contributed by atoms with Crippen LogP contribution in [-0.4, -0.2) is 111 Å². The number of benzene rings is 2. The molecule has 0 aromatic heterocycles. The zero-order valence-electron chi connectivity index (χ0n) is 46.9. The highest BCUT2D eigenvalue weighted by atomic mass is 17.2. The lowest BCUT2D eigenvalue weighted by molar-refractivity contribution is -0.187. The molecule has 2 aromatic carbocycles. The van der Waals surface area contributed by atoms with E-state index in [1.165, 1.54) is 38.1 Å². The molecule has 0 fully saturated rings. The molecule has 0 aliphatic heterocycles. The van der Waals surface area contributed by atoms with Gasteiger partial charge < -0.3 is 37.9 Å². The maximum atomic E-state index is 14.9. The topological polar surface area (TPSA) is 263 Å². The second-order valence-corrected chi connectivity index (χ2v) is 18.2. The van der Waals surface area contributed by atoms with Crippen molar-refractivity contribution in [2.75, 3.05) is 26.4 Å². The number of ether oxygens (including phenoxy) is 8. The van der Waals surface area contributed by atoms with E-state index in [1.807, 2.05) is 27.7 Å². The number of hydrogen-bond acceptors (Lipinski definition) is 20. The van der Waals surface area contributed by atoms with Gasteiger partial charge in [0.05, 0.1) is 37.6 Å². The predicted octanol–water partition coefficient (Wildman–Crippen LogP) is 13.4. The first-order valence-electron chi connectivity index (χ1n) is 27.8. The van der Waals surface area contributed by atoms with E-state index >= 15 is 0 Å². The highest BCUT2D eigenvalue weighted by Crippen LogP contribution is 2.29. The van der Waals surface area contributed by atoms with Crippen molar-refractivity contribution in [1.82, 2.24) is 0 Å². The molecule has 0 aliphatic carbocycles. The van der Waals surface area contributed by atoms with E-state index in [9.17, 15) is 47.9 Å².